The number of hydrogen-bond donors (Lipinski definition) is 0. The summed E-state index contributed by atoms with van der Waals surface area (Å²) in [6, 6.07) is 55.3. The summed E-state index contributed by atoms with van der Waals surface area (Å²) in [5, 5.41) is 2.17. The van der Waals surface area contributed by atoms with E-state index in [0.717, 1.165) is 56.9 Å². The van der Waals surface area contributed by atoms with Crippen LogP contribution in [0.2, 0.25) is 0 Å². The third kappa shape index (κ3) is 4.83. The molecule has 43 heavy (non-hydrogen) atoms. The molecule has 0 atom stereocenters. The molecule has 0 fully saturated rings. The van der Waals surface area contributed by atoms with E-state index >= 15 is 0 Å². The second kappa shape index (κ2) is 10.7. The minimum Gasteiger partial charge on any atom is -0.449 e. The third-order valence-corrected chi connectivity index (χ3v) is 8.13. The summed E-state index contributed by atoms with van der Waals surface area (Å²) in [4.78, 5) is 0. The summed E-state index contributed by atoms with van der Waals surface area (Å²) in [5.74, 6) is 2.97. The number of benzene rings is 7. The quantitative estimate of drug-likeness (QED) is 0.211. The van der Waals surface area contributed by atoms with Crippen LogP contribution in [0, 0.1) is 0 Å². The lowest BCUT2D eigenvalue weighted by molar-refractivity contribution is 0.364. The van der Waals surface area contributed by atoms with E-state index in [2.05, 4.69) is 127 Å². The fourth-order valence-corrected chi connectivity index (χ4v) is 5.99. The van der Waals surface area contributed by atoms with Crippen molar-refractivity contribution >= 4 is 10.8 Å². The van der Waals surface area contributed by atoms with E-state index in [0.29, 0.717) is 0 Å². The van der Waals surface area contributed by atoms with E-state index in [4.69, 9.17) is 9.47 Å². The second-order valence-electron chi connectivity index (χ2n) is 11.0. The monoisotopic (exact) mass is 552 g/mol. The first-order chi connectivity index (χ1) is 21.3. The van der Waals surface area contributed by atoms with E-state index in [1.54, 1.807) is 0 Å². The van der Waals surface area contributed by atoms with E-state index in [9.17, 15) is 0 Å². The highest BCUT2D eigenvalue weighted by atomic mass is 16.6. The smallest absolute Gasteiger partial charge is 0.177 e. The van der Waals surface area contributed by atoms with Crippen molar-refractivity contribution in [3.05, 3.63) is 169 Å². The lowest BCUT2D eigenvalue weighted by atomic mass is 9.94. The van der Waals surface area contributed by atoms with Gasteiger partial charge in [0.1, 0.15) is 0 Å². The summed E-state index contributed by atoms with van der Waals surface area (Å²) in [5.41, 5.74) is 9.46. The number of fused-ring (bicyclic) bond motifs is 4. The average Bonchev–Trinajstić information content (AvgIpc) is 3.08. The van der Waals surface area contributed by atoms with Crippen molar-refractivity contribution in [3.63, 3.8) is 0 Å². The zero-order valence-electron chi connectivity index (χ0n) is 23.5. The number of hydrogen-bond acceptors (Lipinski definition) is 2. The zero-order chi connectivity index (χ0) is 28.6. The molecule has 7 aromatic rings. The van der Waals surface area contributed by atoms with Crippen molar-refractivity contribution in [2.75, 3.05) is 0 Å². The molecule has 8 rings (SSSR count). The molecule has 7 aromatic carbocycles. The van der Waals surface area contributed by atoms with Crippen LogP contribution < -0.4 is 9.47 Å². The first-order valence-electron chi connectivity index (χ1n) is 14.6. The predicted molar refractivity (Wildman–Crippen MR) is 176 cm³/mol. The second-order valence-corrected chi connectivity index (χ2v) is 11.0. The van der Waals surface area contributed by atoms with Gasteiger partial charge >= 0.3 is 0 Å². The van der Waals surface area contributed by atoms with Crippen LogP contribution in [0.5, 0.6) is 23.0 Å². The highest BCUT2D eigenvalue weighted by Gasteiger charge is 2.24. The number of ether oxygens (including phenoxy) is 2. The molecule has 1 aliphatic rings. The highest BCUT2D eigenvalue weighted by molar-refractivity contribution is 5.92. The van der Waals surface area contributed by atoms with Crippen LogP contribution in [0.3, 0.4) is 0 Å². The van der Waals surface area contributed by atoms with Crippen molar-refractivity contribution in [1.82, 2.24) is 0 Å². The van der Waals surface area contributed by atoms with Gasteiger partial charge in [-0.05, 0) is 75.0 Å². The molecule has 0 N–H and O–H groups in total. The molecule has 0 amide bonds. The van der Waals surface area contributed by atoms with Gasteiger partial charge in [-0.15, -0.1) is 0 Å². The predicted octanol–water partition coefficient (Wildman–Crippen LogP) is 11.3. The number of para-hydroxylation sites is 1. The Morgan fingerprint density at radius 3 is 1.77 bits per heavy atom. The first kappa shape index (κ1) is 25.1. The molecule has 0 radical (unpaired) electrons. The van der Waals surface area contributed by atoms with Crippen molar-refractivity contribution < 1.29 is 9.47 Å². The van der Waals surface area contributed by atoms with Gasteiger partial charge < -0.3 is 9.47 Å². The molecule has 0 aliphatic carbocycles. The first-order valence-corrected chi connectivity index (χ1v) is 14.6. The molecule has 2 heteroatoms. The van der Waals surface area contributed by atoms with Crippen LogP contribution in [-0.2, 0) is 6.42 Å². The summed E-state index contributed by atoms with van der Waals surface area (Å²) in [6.45, 7) is 0. The summed E-state index contributed by atoms with van der Waals surface area (Å²) in [7, 11) is 0. The minimum atomic E-state index is 0.726. The molecule has 0 saturated carbocycles. The maximum absolute atomic E-state index is 6.52. The molecule has 0 saturated heterocycles. The van der Waals surface area contributed by atoms with Gasteiger partial charge in [0, 0.05) is 10.9 Å². The van der Waals surface area contributed by atoms with E-state index in [1.165, 1.54) is 27.8 Å². The number of rotatable bonds is 5. The van der Waals surface area contributed by atoms with Crippen LogP contribution in [0.4, 0.5) is 0 Å². The summed E-state index contributed by atoms with van der Waals surface area (Å²) >= 11 is 0. The van der Waals surface area contributed by atoms with Gasteiger partial charge in [0.05, 0.1) is 0 Å². The van der Waals surface area contributed by atoms with Gasteiger partial charge in [0.25, 0.3) is 0 Å². The van der Waals surface area contributed by atoms with E-state index < -0.39 is 0 Å². The molecule has 0 aromatic heterocycles. The molecular weight excluding hydrogens is 524 g/mol. The van der Waals surface area contributed by atoms with E-state index in [1.807, 2.05) is 30.3 Å². The van der Waals surface area contributed by atoms with Crippen LogP contribution in [0.25, 0.3) is 44.2 Å². The van der Waals surface area contributed by atoms with E-state index in [-0.39, 0.29) is 0 Å². The molecular formula is C41H28O2. The normalized spacial score (nSPS) is 11.7. The largest absolute Gasteiger partial charge is 0.449 e. The molecule has 0 bridgehead atoms. The lowest BCUT2D eigenvalue weighted by Crippen LogP contribution is -2.01. The maximum atomic E-state index is 6.52. The van der Waals surface area contributed by atoms with Crippen molar-refractivity contribution in [3.8, 4) is 56.4 Å². The molecule has 0 unspecified atom stereocenters. The van der Waals surface area contributed by atoms with Gasteiger partial charge in [-0.25, -0.2) is 0 Å². The van der Waals surface area contributed by atoms with Crippen LogP contribution in [-0.4, -0.2) is 0 Å². The molecule has 2 nitrogen and oxygen atoms in total. The fraction of sp³-hybridized carbons (Fsp3) is 0.0244. The Bertz CT molecular complexity index is 2110. The Kier molecular flexibility index (Phi) is 6.23. The fourth-order valence-electron chi connectivity index (χ4n) is 5.99. The molecule has 204 valence electrons. The highest BCUT2D eigenvalue weighted by Crippen LogP contribution is 2.52. The Labute approximate surface area is 251 Å². The van der Waals surface area contributed by atoms with Gasteiger partial charge in [-0.1, -0.05) is 133 Å². The Morgan fingerprint density at radius 1 is 0.372 bits per heavy atom. The lowest BCUT2D eigenvalue weighted by Gasteiger charge is -2.24. The Morgan fingerprint density at radius 2 is 0.953 bits per heavy atom. The zero-order valence-corrected chi connectivity index (χ0v) is 23.5. The van der Waals surface area contributed by atoms with Gasteiger partial charge in [-0.2, -0.15) is 0 Å². The standard InChI is InChI=1S/C41H28O2/c1-2-10-28(11-3-1)24-29-12-6-14-31(25-29)32-15-7-16-33(26-32)34-17-8-18-35(27-34)37-20-9-21-38-41(37)43-39-23-22-30-13-4-5-19-36(30)40(39)42-38/h1-23,25-27H,24H2. The topological polar surface area (TPSA) is 18.5 Å². The van der Waals surface area contributed by atoms with Gasteiger partial charge in [0.2, 0.25) is 0 Å². The Balaban J connectivity index is 1.12. The van der Waals surface area contributed by atoms with Gasteiger partial charge in [-0.3, -0.25) is 0 Å². The SMILES string of the molecule is c1ccc(Cc2cccc(-c3cccc(-c4cccc(-c5cccc6c5Oc5ccc7ccccc7c5O6)c4)c3)c2)cc1. The summed E-state index contributed by atoms with van der Waals surface area (Å²) < 4.78 is 13.0. The van der Waals surface area contributed by atoms with Crippen LogP contribution in [0.15, 0.2) is 158 Å². The van der Waals surface area contributed by atoms with Gasteiger partial charge in [0.15, 0.2) is 23.0 Å². The van der Waals surface area contributed by atoms with Crippen molar-refractivity contribution in [2.45, 2.75) is 6.42 Å². The van der Waals surface area contributed by atoms with Crippen LogP contribution >= 0.6 is 0 Å². The summed E-state index contributed by atoms with van der Waals surface area (Å²) in [6.07, 6.45) is 0.921. The van der Waals surface area contributed by atoms with Crippen molar-refractivity contribution in [1.29, 1.82) is 0 Å². The maximum Gasteiger partial charge on any atom is 0.177 e. The molecule has 1 aliphatic heterocycles. The van der Waals surface area contributed by atoms with Crippen LogP contribution in [0.1, 0.15) is 11.1 Å². The van der Waals surface area contributed by atoms with Crippen molar-refractivity contribution in [2.24, 2.45) is 0 Å². The molecule has 0 spiro atoms. The molecule has 1 heterocycles. The average molecular weight is 553 g/mol. The third-order valence-electron chi connectivity index (χ3n) is 8.13. The minimum absolute atomic E-state index is 0.726. The Hall–Kier alpha value is -5.60.